The maximum atomic E-state index is 13.0. The van der Waals surface area contributed by atoms with Crippen LogP contribution in [0.3, 0.4) is 0 Å². The van der Waals surface area contributed by atoms with Gasteiger partial charge in [0.15, 0.2) is 11.5 Å². The first-order valence-electron chi connectivity index (χ1n) is 5.52. The summed E-state index contributed by atoms with van der Waals surface area (Å²) in [6.07, 6.45) is -4.66. The molecule has 1 aromatic heterocycles. The molecule has 1 aliphatic heterocycles. The minimum Gasteiger partial charge on any atom is -0.493 e. The SMILES string of the molecule is COc1cc2c(C(F)(F)F)cc(=O)[nH]c2c2c1OCO2. The molecule has 20 heavy (non-hydrogen) atoms. The summed E-state index contributed by atoms with van der Waals surface area (Å²) in [5, 5.41) is -0.210. The highest BCUT2D eigenvalue weighted by atomic mass is 19.4. The van der Waals surface area contributed by atoms with Crippen molar-refractivity contribution in [3.8, 4) is 17.2 Å². The van der Waals surface area contributed by atoms with Crippen LogP contribution in [0.4, 0.5) is 13.2 Å². The molecule has 1 N–H and O–H groups in total. The molecular formula is C12H8F3NO4. The zero-order valence-corrected chi connectivity index (χ0v) is 10.1. The van der Waals surface area contributed by atoms with E-state index in [1.807, 2.05) is 0 Å². The third-order valence-corrected chi connectivity index (χ3v) is 2.95. The van der Waals surface area contributed by atoms with Gasteiger partial charge in [0.1, 0.15) is 0 Å². The highest BCUT2D eigenvalue weighted by molar-refractivity contribution is 5.92. The Labute approximate surface area is 109 Å². The number of halogens is 3. The molecule has 5 nitrogen and oxygen atoms in total. The van der Waals surface area contributed by atoms with Gasteiger partial charge in [-0.2, -0.15) is 13.2 Å². The number of H-pyrrole nitrogens is 1. The van der Waals surface area contributed by atoms with Crippen molar-refractivity contribution in [3.63, 3.8) is 0 Å². The monoisotopic (exact) mass is 287 g/mol. The lowest BCUT2D eigenvalue weighted by molar-refractivity contribution is -0.136. The van der Waals surface area contributed by atoms with E-state index in [1.165, 1.54) is 13.2 Å². The van der Waals surface area contributed by atoms with E-state index in [0.717, 1.165) is 0 Å². The molecular weight excluding hydrogens is 279 g/mol. The lowest BCUT2D eigenvalue weighted by atomic mass is 10.1. The number of fused-ring (bicyclic) bond motifs is 3. The normalized spacial score (nSPS) is 13.8. The van der Waals surface area contributed by atoms with Crippen molar-refractivity contribution >= 4 is 10.9 Å². The van der Waals surface area contributed by atoms with E-state index in [0.29, 0.717) is 6.07 Å². The standard InChI is InChI=1S/C12H8F3NO4/c1-18-7-2-5-6(12(13,14)15)3-8(17)16-9(5)11-10(7)19-4-20-11/h2-3H,4H2,1H3,(H,16,17). The second-order valence-corrected chi connectivity index (χ2v) is 4.11. The highest BCUT2D eigenvalue weighted by Crippen LogP contribution is 2.47. The van der Waals surface area contributed by atoms with Gasteiger partial charge in [-0.05, 0) is 6.07 Å². The molecule has 0 saturated carbocycles. The minimum atomic E-state index is -4.66. The Kier molecular flexibility index (Phi) is 2.56. The van der Waals surface area contributed by atoms with E-state index in [9.17, 15) is 18.0 Å². The molecule has 1 aromatic carbocycles. The molecule has 0 saturated heterocycles. The Morgan fingerprint density at radius 2 is 1.95 bits per heavy atom. The van der Waals surface area contributed by atoms with Gasteiger partial charge in [-0.3, -0.25) is 4.79 Å². The van der Waals surface area contributed by atoms with Gasteiger partial charge in [0, 0.05) is 11.5 Å². The van der Waals surface area contributed by atoms with E-state index in [-0.39, 0.29) is 34.9 Å². The second-order valence-electron chi connectivity index (χ2n) is 4.11. The van der Waals surface area contributed by atoms with Gasteiger partial charge >= 0.3 is 6.18 Å². The van der Waals surface area contributed by atoms with Crippen molar-refractivity contribution in [3.05, 3.63) is 28.0 Å². The molecule has 106 valence electrons. The quantitative estimate of drug-likeness (QED) is 0.874. The molecule has 3 rings (SSSR count). The van der Waals surface area contributed by atoms with E-state index < -0.39 is 17.3 Å². The van der Waals surface area contributed by atoms with E-state index >= 15 is 0 Å². The molecule has 0 bridgehead atoms. The van der Waals surface area contributed by atoms with Gasteiger partial charge in [0.05, 0.1) is 18.2 Å². The summed E-state index contributed by atoms with van der Waals surface area (Å²) in [6.45, 7) is -0.150. The summed E-state index contributed by atoms with van der Waals surface area (Å²) in [6, 6.07) is 1.67. The maximum Gasteiger partial charge on any atom is 0.417 e. The highest BCUT2D eigenvalue weighted by Gasteiger charge is 2.35. The number of hydrogen-bond donors (Lipinski definition) is 1. The number of hydrogen-bond acceptors (Lipinski definition) is 4. The van der Waals surface area contributed by atoms with Gasteiger partial charge < -0.3 is 19.2 Å². The van der Waals surface area contributed by atoms with E-state index in [4.69, 9.17) is 14.2 Å². The van der Waals surface area contributed by atoms with Crippen molar-refractivity contribution < 1.29 is 27.4 Å². The van der Waals surface area contributed by atoms with Crippen LogP contribution in [0.5, 0.6) is 17.2 Å². The van der Waals surface area contributed by atoms with E-state index in [1.54, 1.807) is 0 Å². The van der Waals surface area contributed by atoms with Crippen LogP contribution >= 0.6 is 0 Å². The number of ether oxygens (including phenoxy) is 3. The Bertz CT molecular complexity index is 751. The summed E-state index contributed by atoms with van der Waals surface area (Å²) in [5.41, 5.74) is -1.97. The zero-order valence-electron chi connectivity index (χ0n) is 10.1. The number of rotatable bonds is 1. The topological polar surface area (TPSA) is 60.6 Å². The Hall–Kier alpha value is -2.38. The largest absolute Gasteiger partial charge is 0.493 e. The average molecular weight is 287 g/mol. The smallest absolute Gasteiger partial charge is 0.417 e. The lowest BCUT2D eigenvalue weighted by Gasteiger charge is -2.13. The first-order chi connectivity index (χ1) is 9.41. The van der Waals surface area contributed by atoms with Crippen molar-refractivity contribution in [2.75, 3.05) is 13.9 Å². The fourth-order valence-corrected chi connectivity index (χ4v) is 2.13. The fraction of sp³-hybridized carbons (Fsp3) is 0.250. The fourth-order valence-electron chi connectivity index (χ4n) is 2.13. The molecule has 2 aromatic rings. The number of alkyl halides is 3. The Morgan fingerprint density at radius 1 is 1.25 bits per heavy atom. The molecule has 0 atom stereocenters. The summed E-state index contributed by atoms with van der Waals surface area (Å²) in [4.78, 5) is 13.8. The second kappa shape index (κ2) is 4.06. The van der Waals surface area contributed by atoms with Crippen molar-refractivity contribution in [1.82, 2.24) is 4.98 Å². The van der Waals surface area contributed by atoms with Crippen molar-refractivity contribution in [2.24, 2.45) is 0 Å². The molecule has 0 aliphatic carbocycles. The van der Waals surface area contributed by atoms with Gasteiger partial charge in [-0.25, -0.2) is 0 Å². The summed E-state index contributed by atoms with van der Waals surface area (Å²) < 4.78 is 54.3. The first kappa shape index (κ1) is 12.6. The molecule has 0 fully saturated rings. The van der Waals surface area contributed by atoms with Crippen LogP contribution < -0.4 is 19.8 Å². The lowest BCUT2D eigenvalue weighted by Crippen LogP contribution is -2.14. The molecule has 8 heteroatoms. The molecule has 2 heterocycles. The summed E-state index contributed by atoms with van der Waals surface area (Å²) in [7, 11) is 1.31. The Morgan fingerprint density at radius 3 is 2.60 bits per heavy atom. The summed E-state index contributed by atoms with van der Waals surface area (Å²) in [5.74, 6) is 0.333. The predicted octanol–water partition coefficient (Wildman–Crippen LogP) is 2.28. The van der Waals surface area contributed by atoms with Crippen LogP contribution in [-0.2, 0) is 6.18 Å². The van der Waals surface area contributed by atoms with Crippen LogP contribution in [0, 0.1) is 0 Å². The number of aromatic nitrogens is 1. The number of methoxy groups -OCH3 is 1. The molecule has 0 radical (unpaired) electrons. The maximum absolute atomic E-state index is 13.0. The third kappa shape index (κ3) is 1.75. The van der Waals surface area contributed by atoms with Crippen LogP contribution in [0.1, 0.15) is 5.56 Å². The van der Waals surface area contributed by atoms with Gasteiger partial charge in [-0.1, -0.05) is 0 Å². The van der Waals surface area contributed by atoms with Gasteiger partial charge in [0.2, 0.25) is 18.1 Å². The molecule has 0 amide bonds. The minimum absolute atomic E-state index is 0.0440. The van der Waals surface area contributed by atoms with Crippen LogP contribution in [0.15, 0.2) is 16.9 Å². The van der Waals surface area contributed by atoms with Crippen molar-refractivity contribution in [2.45, 2.75) is 6.18 Å². The molecule has 0 spiro atoms. The van der Waals surface area contributed by atoms with Crippen LogP contribution in [0.2, 0.25) is 0 Å². The number of benzene rings is 1. The average Bonchev–Trinajstić information content (AvgIpc) is 2.85. The number of pyridine rings is 1. The number of nitrogens with one attached hydrogen (secondary N) is 1. The molecule has 0 unspecified atom stereocenters. The van der Waals surface area contributed by atoms with Gasteiger partial charge in [0.25, 0.3) is 0 Å². The first-order valence-corrected chi connectivity index (χ1v) is 5.52. The predicted molar refractivity (Wildman–Crippen MR) is 62.2 cm³/mol. The Balaban J connectivity index is 2.47. The van der Waals surface area contributed by atoms with Crippen LogP contribution in [-0.4, -0.2) is 18.9 Å². The van der Waals surface area contributed by atoms with Crippen LogP contribution in [0.25, 0.3) is 10.9 Å². The van der Waals surface area contributed by atoms with Crippen molar-refractivity contribution in [1.29, 1.82) is 0 Å². The third-order valence-electron chi connectivity index (χ3n) is 2.95. The zero-order chi connectivity index (χ0) is 14.5. The van der Waals surface area contributed by atoms with E-state index in [2.05, 4.69) is 4.98 Å². The number of aromatic amines is 1. The summed E-state index contributed by atoms with van der Waals surface area (Å²) >= 11 is 0. The van der Waals surface area contributed by atoms with Gasteiger partial charge in [-0.15, -0.1) is 0 Å². The molecule has 1 aliphatic rings.